The van der Waals surface area contributed by atoms with Crippen molar-refractivity contribution in [3.05, 3.63) is 29.3 Å². The Kier molecular flexibility index (Phi) is 2.95. The summed E-state index contributed by atoms with van der Waals surface area (Å²) in [7, 11) is 0. The summed E-state index contributed by atoms with van der Waals surface area (Å²) in [5.41, 5.74) is 8.28. The zero-order valence-electron chi connectivity index (χ0n) is 7.46. The first kappa shape index (κ1) is 9.16. The topological polar surface area (TPSA) is 49.8 Å². The summed E-state index contributed by atoms with van der Waals surface area (Å²) in [5, 5.41) is 8.29. The van der Waals surface area contributed by atoms with E-state index in [-0.39, 0.29) is 6.42 Å². The second-order valence-electron chi connectivity index (χ2n) is 2.71. The summed E-state index contributed by atoms with van der Waals surface area (Å²) in [6.45, 7) is 1.97. The SMILES string of the molecule is Cc1ccc(N)cc1C#CCC#N. The van der Waals surface area contributed by atoms with Crippen LogP contribution in [-0.4, -0.2) is 0 Å². The van der Waals surface area contributed by atoms with Crippen molar-refractivity contribution >= 4 is 5.69 Å². The average molecular weight is 170 g/mol. The minimum absolute atomic E-state index is 0.258. The van der Waals surface area contributed by atoms with Crippen LogP contribution in [0.15, 0.2) is 18.2 Å². The summed E-state index contributed by atoms with van der Waals surface area (Å²) in [5.74, 6) is 5.65. The van der Waals surface area contributed by atoms with Crippen LogP contribution < -0.4 is 5.73 Å². The molecule has 2 heteroatoms. The number of hydrogen-bond acceptors (Lipinski definition) is 2. The molecule has 0 aliphatic heterocycles. The molecular weight excluding hydrogens is 160 g/mol. The van der Waals surface area contributed by atoms with Gasteiger partial charge in [-0.05, 0) is 24.6 Å². The van der Waals surface area contributed by atoms with Gasteiger partial charge in [0.2, 0.25) is 0 Å². The highest BCUT2D eigenvalue weighted by Crippen LogP contribution is 2.10. The quantitative estimate of drug-likeness (QED) is 0.477. The molecule has 0 heterocycles. The molecule has 0 unspecified atom stereocenters. The number of rotatable bonds is 0. The van der Waals surface area contributed by atoms with Crippen molar-refractivity contribution in [2.75, 3.05) is 5.73 Å². The van der Waals surface area contributed by atoms with Gasteiger partial charge < -0.3 is 5.73 Å². The number of benzene rings is 1. The van der Waals surface area contributed by atoms with Crippen molar-refractivity contribution in [3.8, 4) is 17.9 Å². The van der Waals surface area contributed by atoms with Gasteiger partial charge in [-0.2, -0.15) is 5.26 Å². The van der Waals surface area contributed by atoms with Crippen molar-refractivity contribution in [1.29, 1.82) is 5.26 Å². The van der Waals surface area contributed by atoms with Gasteiger partial charge in [-0.25, -0.2) is 0 Å². The highest BCUT2D eigenvalue weighted by atomic mass is 14.5. The number of nitrogens with two attached hydrogens (primary N) is 1. The number of nitrogens with zero attached hydrogens (tertiary/aromatic N) is 1. The number of aryl methyl sites for hydroxylation is 1. The van der Waals surface area contributed by atoms with Crippen molar-refractivity contribution in [2.24, 2.45) is 0 Å². The third kappa shape index (κ3) is 2.54. The van der Waals surface area contributed by atoms with E-state index in [0.29, 0.717) is 5.69 Å². The van der Waals surface area contributed by atoms with Crippen LogP contribution in [0.25, 0.3) is 0 Å². The molecule has 13 heavy (non-hydrogen) atoms. The van der Waals surface area contributed by atoms with Crippen LogP contribution in [0.2, 0.25) is 0 Å². The van der Waals surface area contributed by atoms with E-state index in [9.17, 15) is 0 Å². The molecule has 1 aromatic rings. The molecule has 64 valence electrons. The second kappa shape index (κ2) is 4.18. The van der Waals surface area contributed by atoms with Crippen molar-refractivity contribution in [2.45, 2.75) is 13.3 Å². The Morgan fingerprint density at radius 1 is 1.46 bits per heavy atom. The fourth-order valence-electron chi connectivity index (χ4n) is 0.953. The van der Waals surface area contributed by atoms with Crippen LogP contribution in [0.5, 0.6) is 0 Å². The number of nitriles is 1. The van der Waals surface area contributed by atoms with Crippen LogP contribution in [-0.2, 0) is 0 Å². The van der Waals surface area contributed by atoms with Crippen LogP contribution in [0, 0.1) is 30.1 Å². The summed E-state index contributed by atoms with van der Waals surface area (Å²) in [6, 6.07) is 7.55. The fraction of sp³-hybridized carbons (Fsp3) is 0.182. The van der Waals surface area contributed by atoms with Gasteiger partial charge in [-0.15, -0.1) is 0 Å². The Hall–Kier alpha value is -1.93. The maximum atomic E-state index is 8.29. The number of nitrogen functional groups attached to an aromatic ring is 1. The fourth-order valence-corrected chi connectivity index (χ4v) is 0.953. The zero-order valence-corrected chi connectivity index (χ0v) is 7.46. The molecule has 2 N–H and O–H groups in total. The predicted octanol–water partition coefficient (Wildman–Crippen LogP) is 1.84. The lowest BCUT2D eigenvalue weighted by atomic mass is 10.1. The van der Waals surface area contributed by atoms with E-state index in [0.717, 1.165) is 11.1 Å². The normalized spacial score (nSPS) is 8.31. The van der Waals surface area contributed by atoms with Gasteiger partial charge in [0.05, 0.1) is 12.5 Å². The van der Waals surface area contributed by atoms with E-state index < -0.39 is 0 Å². The van der Waals surface area contributed by atoms with E-state index in [4.69, 9.17) is 11.0 Å². The lowest BCUT2D eigenvalue weighted by Crippen LogP contribution is -1.88. The minimum atomic E-state index is 0.258. The first-order chi connectivity index (χ1) is 6.24. The standard InChI is InChI=1S/C11H10N2/c1-9-5-6-11(13)8-10(9)4-2-3-7-12/h5-6,8H,3,13H2,1H3. The zero-order chi connectivity index (χ0) is 9.68. The van der Waals surface area contributed by atoms with Crippen molar-refractivity contribution in [3.63, 3.8) is 0 Å². The molecule has 0 bridgehead atoms. The van der Waals surface area contributed by atoms with Gasteiger partial charge in [0, 0.05) is 11.3 Å². The molecule has 0 aliphatic rings. The lowest BCUT2D eigenvalue weighted by molar-refractivity contribution is 1.39. The Labute approximate surface area is 78.0 Å². The average Bonchev–Trinajstić information content (AvgIpc) is 2.11. The Morgan fingerprint density at radius 3 is 2.92 bits per heavy atom. The maximum absolute atomic E-state index is 8.29. The third-order valence-corrected chi connectivity index (χ3v) is 1.65. The Balaban J connectivity index is 2.97. The van der Waals surface area contributed by atoms with E-state index in [1.165, 1.54) is 0 Å². The van der Waals surface area contributed by atoms with Gasteiger partial charge in [0.1, 0.15) is 0 Å². The van der Waals surface area contributed by atoms with Crippen LogP contribution in [0.4, 0.5) is 5.69 Å². The molecule has 0 aliphatic carbocycles. The number of anilines is 1. The van der Waals surface area contributed by atoms with Gasteiger partial charge in [-0.3, -0.25) is 0 Å². The predicted molar refractivity (Wildman–Crippen MR) is 52.7 cm³/mol. The van der Waals surface area contributed by atoms with E-state index in [1.807, 2.05) is 31.2 Å². The second-order valence-corrected chi connectivity index (χ2v) is 2.71. The Bertz CT molecular complexity index is 402. The van der Waals surface area contributed by atoms with Crippen LogP contribution >= 0.6 is 0 Å². The molecule has 0 saturated carbocycles. The van der Waals surface area contributed by atoms with Crippen molar-refractivity contribution in [1.82, 2.24) is 0 Å². The smallest absolute Gasteiger partial charge is 0.0966 e. The summed E-state index contributed by atoms with van der Waals surface area (Å²) < 4.78 is 0. The molecular formula is C11H10N2. The first-order valence-corrected chi connectivity index (χ1v) is 3.96. The van der Waals surface area contributed by atoms with Crippen molar-refractivity contribution < 1.29 is 0 Å². The van der Waals surface area contributed by atoms with Crippen LogP contribution in [0.3, 0.4) is 0 Å². The first-order valence-electron chi connectivity index (χ1n) is 3.96. The van der Waals surface area contributed by atoms with E-state index in [1.54, 1.807) is 0 Å². The molecule has 0 aromatic heterocycles. The molecule has 0 spiro atoms. The molecule has 1 rings (SSSR count). The summed E-state index contributed by atoms with van der Waals surface area (Å²) >= 11 is 0. The van der Waals surface area contributed by atoms with Gasteiger partial charge in [0.15, 0.2) is 0 Å². The highest BCUT2D eigenvalue weighted by molar-refractivity contribution is 5.51. The van der Waals surface area contributed by atoms with Gasteiger partial charge in [0.25, 0.3) is 0 Å². The number of hydrogen-bond donors (Lipinski definition) is 1. The third-order valence-electron chi connectivity index (χ3n) is 1.65. The molecule has 1 aromatic carbocycles. The monoisotopic (exact) mass is 170 g/mol. The molecule has 0 amide bonds. The van der Waals surface area contributed by atoms with Gasteiger partial charge in [-0.1, -0.05) is 17.9 Å². The van der Waals surface area contributed by atoms with Crippen LogP contribution in [0.1, 0.15) is 17.5 Å². The largest absolute Gasteiger partial charge is 0.399 e. The summed E-state index contributed by atoms with van der Waals surface area (Å²) in [4.78, 5) is 0. The Morgan fingerprint density at radius 2 is 2.23 bits per heavy atom. The van der Waals surface area contributed by atoms with E-state index >= 15 is 0 Å². The molecule has 0 atom stereocenters. The molecule has 0 saturated heterocycles. The van der Waals surface area contributed by atoms with Gasteiger partial charge >= 0.3 is 0 Å². The maximum Gasteiger partial charge on any atom is 0.0966 e. The molecule has 2 nitrogen and oxygen atoms in total. The molecule has 0 radical (unpaired) electrons. The summed E-state index contributed by atoms with van der Waals surface area (Å²) in [6.07, 6.45) is 0.258. The lowest BCUT2D eigenvalue weighted by Gasteiger charge is -1.98. The molecule has 0 fully saturated rings. The highest BCUT2D eigenvalue weighted by Gasteiger charge is 1.93. The minimum Gasteiger partial charge on any atom is -0.399 e. The van der Waals surface area contributed by atoms with E-state index in [2.05, 4.69) is 11.8 Å².